The van der Waals surface area contributed by atoms with Gasteiger partial charge in [-0.3, -0.25) is 0 Å². The third-order valence-corrected chi connectivity index (χ3v) is 2.90. The molecule has 0 bridgehead atoms. The second-order valence-electron chi connectivity index (χ2n) is 4.37. The Bertz CT molecular complexity index is 215. The van der Waals surface area contributed by atoms with Crippen LogP contribution in [0.2, 0.25) is 0 Å². The number of unbranched alkanes of at least 4 members (excludes halogenated alkanes) is 1. The largest absolute Gasteiger partial charge is 0.502 e. The van der Waals surface area contributed by atoms with Gasteiger partial charge in [-0.2, -0.15) is 0 Å². The van der Waals surface area contributed by atoms with Gasteiger partial charge >= 0.3 is 0 Å². The maximum absolute atomic E-state index is 5.85. The van der Waals surface area contributed by atoms with Crippen molar-refractivity contribution in [3.05, 3.63) is 12.3 Å². The number of hydrogen-bond donors (Lipinski definition) is 0. The van der Waals surface area contributed by atoms with Gasteiger partial charge in [0.05, 0.1) is 25.6 Å². The molecule has 1 aliphatic heterocycles. The molecule has 0 aliphatic carbocycles. The Hall–Kier alpha value is -0.540. The first-order valence-electron chi connectivity index (χ1n) is 6.24. The summed E-state index contributed by atoms with van der Waals surface area (Å²) < 4.78 is 16.7. The minimum Gasteiger partial charge on any atom is -0.502 e. The average Bonchev–Trinajstić information content (AvgIpc) is 2.66. The van der Waals surface area contributed by atoms with Crippen molar-refractivity contribution in [2.75, 3.05) is 13.2 Å². The first-order chi connectivity index (χ1) is 7.70. The monoisotopic (exact) mass is 228 g/mol. The average molecular weight is 228 g/mol. The van der Waals surface area contributed by atoms with Crippen molar-refractivity contribution < 1.29 is 14.2 Å². The van der Waals surface area contributed by atoms with E-state index in [0.29, 0.717) is 0 Å². The topological polar surface area (TPSA) is 27.7 Å². The highest BCUT2D eigenvalue weighted by Crippen LogP contribution is 2.28. The molecule has 0 N–H and O–H groups in total. The molecule has 0 aromatic rings. The number of rotatable bonds is 7. The van der Waals surface area contributed by atoms with Crippen molar-refractivity contribution in [1.82, 2.24) is 0 Å². The lowest BCUT2D eigenvalue weighted by molar-refractivity contribution is -0.155. The standard InChI is InChI=1S/C13H24O3/c1-4-9-14-10-7-6-8-12-11-15-13(3,5-2)16-12/h4,9,12H,5-8,10-11H2,1-3H3. The highest BCUT2D eigenvalue weighted by atomic mass is 16.7. The van der Waals surface area contributed by atoms with Gasteiger partial charge in [0.2, 0.25) is 0 Å². The normalized spacial score (nSPS) is 30.1. The Balaban J connectivity index is 2.02. The second kappa shape index (κ2) is 6.92. The highest BCUT2D eigenvalue weighted by Gasteiger charge is 2.34. The SMILES string of the molecule is CC=COCCCCC1COC(C)(CC)O1. The van der Waals surface area contributed by atoms with E-state index in [1.807, 2.05) is 19.9 Å². The lowest BCUT2D eigenvalue weighted by atomic mass is 10.1. The highest BCUT2D eigenvalue weighted by molar-refractivity contribution is 4.73. The molecule has 1 fully saturated rings. The third kappa shape index (κ3) is 4.54. The zero-order valence-electron chi connectivity index (χ0n) is 10.7. The minimum absolute atomic E-state index is 0.270. The molecule has 94 valence electrons. The maximum atomic E-state index is 5.85. The van der Waals surface area contributed by atoms with Crippen LogP contribution in [0.25, 0.3) is 0 Å². The van der Waals surface area contributed by atoms with Crippen LogP contribution >= 0.6 is 0 Å². The molecule has 0 aromatic heterocycles. The fourth-order valence-electron chi connectivity index (χ4n) is 1.74. The summed E-state index contributed by atoms with van der Waals surface area (Å²) in [5.74, 6) is -0.341. The zero-order valence-corrected chi connectivity index (χ0v) is 10.7. The predicted molar refractivity (Wildman–Crippen MR) is 64.1 cm³/mol. The van der Waals surface area contributed by atoms with Crippen LogP contribution in [0.3, 0.4) is 0 Å². The lowest BCUT2D eigenvalue weighted by Gasteiger charge is -2.21. The van der Waals surface area contributed by atoms with Gasteiger partial charge in [0.1, 0.15) is 0 Å². The van der Waals surface area contributed by atoms with Crippen LogP contribution in [0.5, 0.6) is 0 Å². The Morgan fingerprint density at radius 1 is 1.44 bits per heavy atom. The van der Waals surface area contributed by atoms with Crippen LogP contribution in [-0.4, -0.2) is 25.1 Å². The van der Waals surface area contributed by atoms with E-state index in [2.05, 4.69) is 6.92 Å². The van der Waals surface area contributed by atoms with Crippen LogP contribution in [0, 0.1) is 0 Å². The summed E-state index contributed by atoms with van der Waals surface area (Å²) in [5.41, 5.74) is 0. The van der Waals surface area contributed by atoms with E-state index in [9.17, 15) is 0 Å². The van der Waals surface area contributed by atoms with E-state index in [1.54, 1.807) is 6.26 Å². The Morgan fingerprint density at radius 2 is 2.25 bits per heavy atom. The van der Waals surface area contributed by atoms with Crippen LogP contribution in [-0.2, 0) is 14.2 Å². The molecular weight excluding hydrogens is 204 g/mol. The summed E-state index contributed by atoms with van der Waals surface area (Å²) in [6, 6.07) is 0. The number of hydrogen-bond acceptors (Lipinski definition) is 3. The first-order valence-corrected chi connectivity index (χ1v) is 6.24. The lowest BCUT2D eigenvalue weighted by Crippen LogP contribution is -2.25. The predicted octanol–water partition coefficient (Wildman–Crippen LogP) is 3.25. The molecule has 0 saturated carbocycles. The molecule has 1 aliphatic rings. The van der Waals surface area contributed by atoms with E-state index < -0.39 is 0 Å². The van der Waals surface area contributed by atoms with Crippen LogP contribution < -0.4 is 0 Å². The quantitative estimate of drug-likeness (QED) is 0.494. The molecule has 3 heteroatoms. The maximum Gasteiger partial charge on any atom is 0.165 e. The molecule has 3 nitrogen and oxygen atoms in total. The van der Waals surface area contributed by atoms with Crippen LogP contribution in [0.15, 0.2) is 12.3 Å². The van der Waals surface area contributed by atoms with Gasteiger partial charge in [-0.15, -0.1) is 0 Å². The molecule has 2 atom stereocenters. The van der Waals surface area contributed by atoms with Crippen LogP contribution in [0.1, 0.15) is 46.5 Å². The molecule has 0 spiro atoms. The molecule has 1 heterocycles. The van der Waals surface area contributed by atoms with E-state index in [1.165, 1.54) is 0 Å². The molecule has 2 unspecified atom stereocenters. The van der Waals surface area contributed by atoms with E-state index in [-0.39, 0.29) is 11.9 Å². The van der Waals surface area contributed by atoms with Gasteiger partial charge in [0, 0.05) is 0 Å². The molecule has 1 saturated heterocycles. The molecule has 1 rings (SSSR count). The molecule has 0 amide bonds. The van der Waals surface area contributed by atoms with Crippen molar-refractivity contribution in [2.45, 2.75) is 58.3 Å². The minimum atomic E-state index is -0.341. The Labute approximate surface area is 98.8 Å². The van der Waals surface area contributed by atoms with Crippen molar-refractivity contribution >= 4 is 0 Å². The summed E-state index contributed by atoms with van der Waals surface area (Å²) in [4.78, 5) is 0. The van der Waals surface area contributed by atoms with Crippen LogP contribution in [0.4, 0.5) is 0 Å². The smallest absolute Gasteiger partial charge is 0.165 e. The fraction of sp³-hybridized carbons (Fsp3) is 0.846. The van der Waals surface area contributed by atoms with E-state index >= 15 is 0 Å². The Morgan fingerprint density at radius 3 is 2.88 bits per heavy atom. The molecule has 0 aromatic carbocycles. The van der Waals surface area contributed by atoms with Gasteiger partial charge < -0.3 is 14.2 Å². The number of allylic oxidation sites excluding steroid dienone is 1. The molecular formula is C13H24O3. The summed E-state index contributed by atoms with van der Waals surface area (Å²) in [6.07, 6.45) is 8.09. The summed E-state index contributed by atoms with van der Waals surface area (Å²) >= 11 is 0. The van der Waals surface area contributed by atoms with Crippen molar-refractivity contribution in [2.24, 2.45) is 0 Å². The zero-order chi connectivity index (χ0) is 11.9. The number of ether oxygens (including phenoxy) is 3. The van der Waals surface area contributed by atoms with Gasteiger partial charge in [-0.1, -0.05) is 13.0 Å². The van der Waals surface area contributed by atoms with Crippen molar-refractivity contribution in [3.8, 4) is 0 Å². The fourth-order valence-corrected chi connectivity index (χ4v) is 1.74. The van der Waals surface area contributed by atoms with Gasteiger partial charge in [0.25, 0.3) is 0 Å². The molecule has 0 radical (unpaired) electrons. The third-order valence-electron chi connectivity index (χ3n) is 2.90. The van der Waals surface area contributed by atoms with Gasteiger partial charge in [-0.05, 0) is 39.5 Å². The van der Waals surface area contributed by atoms with Gasteiger partial charge in [-0.25, -0.2) is 0 Å². The van der Waals surface area contributed by atoms with E-state index in [4.69, 9.17) is 14.2 Å². The van der Waals surface area contributed by atoms with Gasteiger partial charge in [0.15, 0.2) is 5.79 Å². The summed E-state index contributed by atoms with van der Waals surface area (Å²) in [7, 11) is 0. The molecule has 16 heavy (non-hydrogen) atoms. The van der Waals surface area contributed by atoms with Crippen molar-refractivity contribution in [3.63, 3.8) is 0 Å². The second-order valence-corrected chi connectivity index (χ2v) is 4.37. The van der Waals surface area contributed by atoms with E-state index in [0.717, 1.165) is 38.9 Å². The Kier molecular flexibility index (Phi) is 5.85. The van der Waals surface area contributed by atoms with Crippen molar-refractivity contribution in [1.29, 1.82) is 0 Å². The summed E-state index contributed by atoms with van der Waals surface area (Å²) in [6.45, 7) is 7.59. The first kappa shape index (κ1) is 13.5. The summed E-state index contributed by atoms with van der Waals surface area (Å²) in [5, 5.41) is 0.